The fraction of sp³-hybridized carbons (Fsp3) is 0.923. The van der Waals surface area contributed by atoms with Crippen LogP contribution in [-0.2, 0) is 9.53 Å². The zero-order valence-electron chi connectivity index (χ0n) is 11.9. The van der Waals surface area contributed by atoms with Gasteiger partial charge in [-0.05, 0) is 12.8 Å². The lowest BCUT2D eigenvalue weighted by Gasteiger charge is -2.39. The number of piperazine rings is 1. The third-order valence-corrected chi connectivity index (χ3v) is 3.49. The van der Waals surface area contributed by atoms with Crippen molar-refractivity contribution in [1.29, 1.82) is 0 Å². The molecular formula is C13H26N2O3. The lowest BCUT2D eigenvalue weighted by molar-refractivity contribution is -0.149. The Kier molecular flexibility index (Phi) is 6.05. The van der Waals surface area contributed by atoms with E-state index in [1.165, 1.54) is 0 Å². The summed E-state index contributed by atoms with van der Waals surface area (Å²) >= 11 is 0. The van der Waals surface area contributed by atoms with Crippen LogP contribution in [0.1, 0.15) is 20.8 Å². The van der Waals surface area contributed by atoms with Gasteiger partial charge in [-0.15, -0.1) is 0 Å². The van der Waals surface area contributed by atoms with Gasteiger partial charge in [0.25, 0.3) is 0 Å². The third-order valence-electron chi connectivity index (χ3n) is 3.49. The molecule has 2 atom stereocenters. The molecule has 1 aliphatic rings. The van der Waals surface area contributed by atoms with Crippen LogP contribution in [0.2, 0.25) is 0 Å². The van der Waals surface area contributed by atoms with Gasteiger partial charge in [-0.25, -0.2) is 0 Å². The van der Waals surface area contributed by atoms with Crippen molar-refractivity contribution in [3.8, 4) is 0 Å². The number of ether oxygens (including phenoxy) is 1. The number of nitrogens with zero attached hydrogens (tertiary/aromatic N) is 2. The number of carbonyl (C=O) groups is 1. The quantitative estimate of drug-likeness (QED) is 0.762. The molecule has 1 rings (SSSR count). The standard InChI is InChI=1S/C13H26N2O3/c1-10(2)9-14-5-7-15(8-6-14)12(13(16)17)11(3)18-4/h10-12H,5-9H2,1-4H3,(H,16,17). The summed E-state index contributed by atoms with van der Waals surface area (Å²) in [5.74, 6) is -0.133. The van der Waals surface area contributed by atoms with E-state index in [4.69, 9.17) is 4.74 Å². The number of hydrogen-bond donors (Lipinski definition) is 1. The molecule has 5 nitrogen and oxygen atoms in total. The molecule has 0 aromatic carbocycles. The minimum absolute atomic E-state index is 0.279. The Balaban J connectivity index is 2.51. The SMILES string of the molecule is COC(C)C(C(=O)O)N1CCN(CC(C)C)CC1. The largest absolute Gasteiger partial charge is 0.480 e. The van der Waals surface area contributed by atoms with Crippen molar-refractivity contribution >= 4 is 5.97 Å². The average Bonchev–Trinajstić information content (AvgIpc) is 2.30. The highest BCUT2D eigenvalue weighted by atomic mass is 16.5. The first-order chi connectivity index (χ1) is 8.45. The molecule has 5 heteroatoms. The molecule has 1 fully saturated rings. The minimum Gasteiger partial charge on any atom is -0.480 e. The second-order valence-electron chi connectivity index (χ2n) is 5.45. The smallest absolute Gasteiger partial charge is 0.323 e. The summed E-state index contributed by atoms with van der Waals surface area (Å²) in [5, 5.41) is 9.30. The van der Waals surface area contributed by atoms with Gasteiger partial charge in [0, 0.05) is 39.8 Å². The van der Waals surface area contributed by atoms with Gasteiger partial charge in [-0.3, -0.25) is 9.69 Å². The van der Waals surface area contributed by atoms with Crippen molar-refractivity contribution in [2.45, 2.75) is 32.9 Å². The second-order valence-corrected chi connectivity index (χ2v) is 5.45. The molecular weight excluding hydrogens is 232 g/mol. The summed E-state index contributed by atoms with van der Waals surface area (Å²) in [6.07, 6.45) is -0.279. The Morgan fingerprint density at radius 2 is 1.78 bits per heavy atom. The van der Waals surface area contributed by atoms with E-state index in [2.05, 4.69) is 18.7 Å². The molecule has 106 valence electrons. The van der Waals surface area contributed by atoms with Crippen LogP contribution in [0.3, 0.4) is 0 Å². The zero-order valence-corrected chi connectivity index (χ0v) is 11.9. The second kappa shape index (κ2) is 7.07. The molecule has 1 N–H and O–H groups in total. The summed E-state index contributed by atoms with van der Waals surface area (Å²) in [6, 6.07) is -0.531. The maximum absolute atomic E-state index is 11.3. The minimum atomic E-state index is -0.790. The van der Waals surface area contributed by atoms with Crippen molar-refractivity contribution in [3.63, 3.8) is 0 Å². The van der Waals surface area contributed by atoms with Gasteiger partial charge < -0.3 is 14.7 Å². The Labute approximate surface area is 110 Å². The van der Waals surface area contributed by atoms with Crippen LogP contribution >= 0.6 is 0 Å². The van der Waals surface area contributed by atoms with Crippen molar-refractivity contribution in [2.24, 2.45) is 5.92 Å². The Morgan fingerprint density at radius 3 is 2.17 bits per heavy atom. The van der Waals surface area contributed by atoms with E-state index >= 15 is 0 Å². The number of aliphatic carboxylic acids is 1. The number of carboxylic acids is 1. The van der Waals surface area contributed by atoms with Gasteiger partial charge >= 0.3 is 5.97 Å². The molecule has 0 spiro atoms. The molecule has 1 heterocycles. The number of hydrogen-bond acceptors (Lipinski definition) is 4. The molecule has 18 heavy (non-hydrogen) atoms. The molecule has 1 saturated heterocycles. The van der Waals surface area contributed by atoms with E-state index in [1.807, 2.05) is 11.8 Å². The summed E-state index contributed by atoms with van der Waals surface area (Å²) in [4.78, 5) is 15.7. The fourth-order valence-corrected chi connectivity index (χ4v) is 2.52. The van der Waals surface area contributed by atoms with Crippen LogP contribution in [-0.4, -0.2) is 72.9 Å². The van der Waals surface area contributed by atoms with E-state index in [1.54, 1.807) is 7.11 Å². The van der Waals surface area contributed by atoms with Crippen LogP contribution in [0.5, 0.6) is 0 Å². The van der Waals surface area contributed by atoms with Crippen molar-refractivity contribution in [3.05, 3.63) is 0 Å². The molecule has 0 saturated carbocycles. The summed E-state index contributed by atoms with van der Waals surface area (Å²) < 4.78 is 5.18. The Morgan fingerprint density at radius 1 is 1.22 bits per heavy atom. The molecule has 0 amide bonds. The maximum Gasteiger partial charge on any atom is 0.323 e. The fourth-order valence-electron chi connectivity index (χ4n) is 2.52. The van der Waals surface area contributed by atoms with E-state index in [9.17, 15) is 9.90 Å². The van der Waals surface area contributed by atoms with E-state index in [-0.39, 0.29) is 6.10 Å². The van der Waals surface area contributed by atoms with E-state index in [0.717, 1.165) is 32.7 Å². The summed E-state index contributed by atoms with van der Waals surface area (Å²) in [6.45, 7) is 10.8. The highest BCUT2D eigenvalue weighted by Crippen LogP contribution is 2.13. The monoisotopic (exact) mass is 258 g/mol. The number of rotatable bonds is 6. The van der Waals surface area contributed by atoms with Crippen molar-refractivity contribution in [2.75, 3.05) is 39.8 Å². The summed E-state index contributed by atoms with van der Waals surface area (Å²) in [7, 11) is 1.57. The molecule has 0 aromatic heterocycles. The van der Waals surface area contributed by atoms with Crippen LogP contribution in [0.4, 0.5) is 0 Å². The predicted molar refractivity (Wildman–Crippen MR) is 70.7 cm³/mol. The lowest BCUT2D eigenvalue weighted by Crippen LogP contribution is -2.56. The molecule has 0 aromatic rings. The molecule has 0 radical (unpaired) electrons. The van der Waals surface area contributed by atoms with Crippen molar-refractivity contribution in [1.82, 2.24) is 9.80 Å². The van der Waals surface area contributed by atoms with Gasteiger partial charge in [0.05, 0.1) is 6.10 Å². The average molecular weight is 258 g/mol. The molecule has 1 aliphatic heterocycles. The molecule has 0 aliphatic carbocycles. The zero-order chi connectivity index (χ0) is 13.7. The lowest BCUT2D eigenvalue weighted by atomic mass is 10.1. The van der Waals surface area contributed by atoms with Crippen LogP contribution in [0, 0.1) is 5.92 Å². The Hall–Kier alpha value is -0.650. The maximum atomic E-state index is 11.3. The first-order valence-corrected chi connectivity index (χ1v) is 6.67. The topological polar surface area (TPSA) is 53.0 Å². The summed E-state index contributed by atoms with van der Waals surface area (Å²) in [5.41, 5.74) is 0. The molecule has 0 bridgehead atoms. The predicted octanol–water partition coefficient (Wildman–Crippen LogP) is 0.748. The van der Waals surface area contributed by atoms with Gasteiger partial charge in [0.2, 0.25) is 0 Å². The van der Waals surface area contributed by atoms with Gasteiger partial charge in [-0.2, -0.15) is 0 Å². The highest BCUT2D eigenvalue weighted by molar-refractivity contribution is 5.74. The van der Waals surface area contributed by atoms with Crippen LogP contribution < -0.4 is 0 Å². The number of methoxy groups -OCH3 is 1. The normalized spacial score (nSPS) is 22.1. The van der Waals surface area contributed by atoms with Crippen LogP contribution in [0.15, 0.2) is 0 Å². The van der Waals surface area contributed by atoms with E-state index in [0.29, 0.717) is 5.92 Å². The van der Waals surface area contributed by atoms with Crippen molar-refractivity contribution < 1.29 is 14.6 Å². The first-order valence-electron chi connectivity index (χ1n) is 6.67. The highest BCUT2D eigenvalue weighted by Gasteiger charge is 2.33. The number of carboxylic acid groups (broad SMARTS) is 1. The Bertz CT molecular complexity index is 263. The van der Waals surface area contributed by atoms with Gasteiger partial charge in [-0.1, -0.05) is 13.8 Å². The van der Waals surface area contributed by atoms with Gasteiger partial charge in [0.1, 0.15) is 6.04 Å². The van der Waals surface area contributed by atoms with E-state index < -0.39 is 12.0 Å². The first kappa shape index (κ1) is 15.4. The van der Waals surface area contributed by atoms with Crippen LogP contribution in [0.25, 0.3) is 0 Å². The third kappa shape index (κ3) is 4.23. The van der Waals surface area contributed by atoms with Gasteiger partial charge in [0.15, 0.2) is 0 Å². The molecule has 2 unspecified atom stereocenters.